The van der Waals surface area contributed by atoms with Crippen LogP contribution in [0.2, 0.25) is 0 Å². The van der Waals surface area contributed by atoms with Crippen molar-refractivity contribution in [1.82, 2.24) is 14.9 Å². The average Bonchev–Trinajstić information content (AvgIpc) is 2.77. The molecule has 0 atom stereocenters. The Bertz CT molecular complexity index is 1150. The average molecular weight is 437 g/mol. The van der Waals surface area contributed by atoms with Crippen molar-refractivity contribution in [3.8, 4) is 0 Å². The molecule has 1 aromatic heterocycles. The number of anilines is 1. The molecule has 8 heteroatoms. The first-order chi connectivity index (χ1) is 14.9. The van der Waals surface area contributed by atoms with Crippen molar-refractivity contribution in [3.63, 3.8) is 0 Å². The van der Waals surface area contributed by atoms with E-state index in [9.17, 15) is 14.7 Å². The Balaban J connectivity index is 1.86. The summed E-state index contributed by atoms with van der Waals surface area (Å²) in [5, 5.41) is 11.4. The molecule has 3 rings (SSSR count). The third-order valence-corrected chi connectivity index (χ3v) is 6.03. The van der Waals surface area contributed by atoms with Crippen molar-refractivity contribution >= 4 is 39.9 Å². The summed E-state index contributed by atoms with van der Waals surface area (Å²) in [5.74, 6) is 0.847. The Hall–Kier alpha value is -3.23. The van der Waals surface area contributed by atoms with Crippen molar-refractivity contribution in [1.29, 1.82) is 0 Å². The minimum Gasteiger partial charge on any atom is -0.396 e. The number of hydrogen-bond donors (Lipinski definition) is 2. The Morgan fingerprint density at radius 3 is 2.65 bits per heavy atom. The number of amides is 1. The highest BCUT2D eigenvalue weighted by atomic mass is 32.2. The highest BCUT2D eigenvalue weighted by molar-refractivity contribution is 8.17. The van der Waals surface area contributed by atoms with Gasteiger partial charge in [0, 0.05) is 41.0 Å². The number of carbonyl (C=O) groups is 2. The molecule has 160 valence electrons. The van der Waals surface area contributed by atoms with E-state index >= 15 is 0 Å². The quantitative estimate of drug-likeness (QED) is 0.519. The lowest BCUT2D eigenvalue weighted by molar-refractivity contribution is -0.116. The SMILES string of the molecule is CC(=C(CCO)SC(=O)c1ccc2ccccc2c1)N(C=O)Cc1cnc(C)nc1N. The minimum atomic E-state index is -0.155. The Morgan fingerprint density at radius 1 is 1.23 bits per heavy atom. The van der Waals surface area contributed by atoms with Gasteiger partial charge in [-0.1, -0.05) is 30.3 Å². The maximum Gasteiger partial charge on any atom is 0.223 e. The molecule has 0 radical (unpaired) electrons. The second-order valence-corrected chi connectivity index (χ2v) is 8.06. The van der Waals surface area contributed by atoms with E-state index in [2.05, 4.69) is 9.97 Å². The van der Waals surface area contributed by atoms with E-state index in [0.29, 0.717) is 39.8 Å². The minimum absolute atomic E-state index is 0.146. The highest BCUT2D eigenvalue weighted by Gasteiger charge is 2.17. The topological polar surface area (TPSA) is 109 Å². The van der Waals surface area contributed by atoms with E-state index in [0.717, 1.165) is 22.5 Å². The van der Waals surface area contributed by atoms with Crippen LogP contribution in [0.4, 0.5) is 5.82 Å². The monoisotopic (exact) mass is 436 g/mol. The predicted octanol–water partition coefficient (Wildman–Crippen LogP) is 3.67. The summed E-state index contributed by atoms with van der Waals surface area (Å²) in [6.45, 7) is 3.50. The van der Waals surface area contributed by atoms with Crippen LogP contribution in [0.3, 0.4) is 0 Å². The first kappa shape index (κ1) is 22.5. The van der Waals surface area contributed by atoms with Gasteiger partial charge < -0.3 is 15.7 Å². The molecule has 3 aromatic rings. The fourth-order valence-electron chi connectivity index (χ4n) is 3.11. The van der Waals surface area contributed by atoms with Crippen molar-refractivity contribution in [2.45, 2.75) is 26.8 Å². The molecule has 2 aromatic carbocycles. The first-order valence-electron chi connectivity index (χ1n) is 9.74. The summed E-state index contributed by atoms with van der Waals surface area (Å²) in [4.78, 5) is 35.0. The molecule has 31 heavy (non-hydrogen) atoms. The summed E-state index contributed by atoms with van der Waals surface area (Å²) in [7, 11) is 0. The lowest BCUT2D eigenvalue weighted by Crippen LogP contribution is -2.22. The van der Waals surface area contributed by atoms with Gasteiger partial charge in [0.1, 0.15) is 11.6 Å². The van der Waals surface area contributed by atoms with Gasteiger partial charge in [0.2, 0.25) is 11.5 Å². The molecule has 0 unspecified atom stereocenters. The number of aryl methyl sites for hydroxylation is 1. The van der Waals surface area contributed by atoms with Gasteiger partial charge in [0.05, 0.1) is 6.54 Å². The van der Waals surface area contributed by atoms with Crippen LogP contribution in [0.25, 0.3) is 10.8 Å². The number of allylic oxidation sites excluding steroid dienone is 1. The van der Waals surface area contributed by atoms with E-state index < -0.39 is 0 Å². The van der Waals surface area contributed by atoms with E-state index in [1.807, 2.05) is 36.4 Å². The number of nitrogen functional groups attached to an aromatic ring is 1. The molecule has 0 aliphatic carbocycles. The smallest absolute Gasteiger partial charge is 0.223 e. The molecule has 0 aliphatic heterocycles. The van der Waals surface area contributed by atoms with Crippen LogP contribution in [0, 0.1) is 6.92 Å². The number of hydrogen-bond acceptors (Lipinski definition) is 7. The van der Waals surface area contributed by atoms with Gasteiger partial charge in [0.25, 0.3) is 0 Å². The van der Waals surface area contributed by atoms with Gasteiger partial charge in [0.15, 0.2) is 0 Å². The van der Waals surface area contributed by atoms with Gasteiger partial charge >= 0.3 is 0 Å². The molecule has 0 aliphatic rings. The van der Waals surface area contributed by atoms with E-state index in [4.69, 9.17) is 5.73 Å². The standard InChI is InChI=1S/C23H24N4O3S/c1-15(27(14-29)13-20-12-25-16(2)26-22(20)24)21(9-10-28)31-23(30)19-8-7-17-5-3-4-6-18(17)11-19/h3-8,11-12,14,28H,9-10,13H2,1-2H3,(H2,24,25,26). The molecule has 1 amide bonds. The fourth-order valence-corrected chi connectivity index (χ4v) is 4.03. The summed E-state index contributed by atoms with van der Waals surface area (Å²) in [6, 6.07) is 13.3. The van der Waals surface area contributed by atoms with Crippen molar-refractivity contribution < 1.29 is 14.7 Å². The number of nitrogens with two attached hydrogens (primary N) is 1. The number of thioether (sulfide) groups is 1. The van der Waals surface area contributed by atoms with Crippen LogP contribution in [0.1, 0.15) is 35.1 Å². The van der Waals surface area contributed by atoms with Gasteiger partial charge in [-0.3, -0.25) is 9.59 Å². The van der Waals surface area contributed by atoms with E-state index in [1.54, 1.807) is 26.1 Å². The Kier molecular flexibility index (Phi) is 7.38. The largest absolute Gasteiger partial charge is 0.396 e. The number of rotatable bonds is 8. The number of aromatic nitrogens is 2. The molecule has 0 saturated heterocycles. The molecule has 7 nitrogen and oxygen atoms in total. The number of benzene rings is 2. The van der Waals surface area contributed by atoms with Crippen LogP contribution in [0.15, 0.2) is 59.3 Å². The third kappa shape index (κ3) is 5.48. The number of carbonyl (C=O) groups excluding carboxylic acids is 2. The van der Waals surface area contributed by atoms with Gasteiger partial charge in [-0.05, 0) is 48.5 Å². The van der Waals surface area contributed by atoms with Crippen LogP contribution in [-0.2, 0) is 11.3 Å². The molecular formula is C23H24N4O3S. The van der Waals surface area contributed by atoms with E-state index in [-0.39, 0.29) is 24.7 Å². The van der Waals surface area contributed by atoms with Crippen molar-refractivity contribution in [3.05, 3.63) is 76.2 Å². The van der Waals surface area contributed by atoms with Crippen molar-refractivity contribution in [2.24, 2.45) is 0 Å². The molecule has 0 spiro atoms. The van der Waals surface area contributed by atoms with Crippen molar-refractivity contribution in [2.75, 3.05) is 12.3 Å². The Labute approximate surface area is 185 Å². The lowest BCUT2D eigenvalue weighted by Gasteiger charge is -2.22. The maximum absolute atomic E-state index is 12.9. The van der Waals surface area contributed by atoms with Crippen LogP contribution >= 0.6 is 11.8 Å². The van der Waals surface area contributed by atoms with E-state index in [1.165, 1.54) is 4.90 Å². The van der Waals surface area contributed by atoms with Crippen LogP contribution in [0.5, 0.6) is 0 Å². The zero-order valence-corrected chi connectivity index (χ0v) is 18.2. The Morgan fingerprint density at radius 2 is 1.97 bits per heavy atom. The molecule has 1 heterocycles. The molecule has 0 fully saturated rings. The van der Waals surface area contributed by atoms with Gasteiger partial charge in [-0.2, -0.15) is 0 Å². The molecule has 0 bridgehead atoms. The second-order valence-electron chi connectivity index (χ2n) is 6.99. The summed E-state index contributed by atoms with van der Waals surface area (Å²) < 4.78 is 0. The molecular weight excluding hydrogens is 412 g/mol. The fraction of sp³-hybridized carbons (Fsp3) is 0.217. The predicted molar refractivity (Wildman–Crippen MR) is 123 cm³/mol. The van der Waals surface area contributed by atoms with Gasteiger partial charge in [-0.25, -0.2) is 9.97 Å². The number of aliphatic hydroxyl groups is 1. The number of aliphatic hydroxyl groups excluding tert-OH is 1. The zero-order chi connectivity index (χ0) is 22.4. The first-order valence-corrected chi connectivity index (χ1v) is 10.6. The summed E-state index contributed by atoms with van der Waals surface area (Å²) >= 11 is 1.02. The highest BCUT2D eigenvalue weighted by Crippen LogP contribution is 2.30. The normalized spacial score (nSPS) is 11.8. The lowest BCUT2D eigenvalue weighted by atomic mass is 10.1. The van der Waals surface area contributed by atoms with Crippen LogP contribution in [-0.4, -0.2) is 38.1 Å². The van der Waals surface area contributed by atoms with Gasteiger partial charge in [-0.15, -0.1) is 0 Å². The second kappa shape index (κ2) is 10.2. The zero-order valence-electron chi connectivity index (χ0n) is 17.4. The summed E-state index contributed by atoms with van der Waals surface area (Å²) in [6.07, 6.45) is 2.51. The summed E-state index contributed by atoms with van der Waals surface area (Å²) in [5.41, 5.74) is 7.68. The third-order valence-electron chi connectivity index (χ3n) is 4.86. The number of fused-ring (bicyclic) bond motifs is 1. The molecule has 0 saturated carbocycles. The maximum atomic E-state index is 12.9. The molecule has 3 N–H and O–H groups in total. The van der Waals surface area contributed by atoms with Crippen LogP contribution < -0.4 is 5.73 Å². The number of nitrogens with zero attached hydrogens (tertiary/aromatic N) is 3.